The second-order valence-electron chi connectivity index (χ2n) is 4.51. The van der Waals surface area contributed by atoms with Gasteiger partial charge in [-0.2, -0.15) is 0 Å². The number of aryl methyl sites for hydroxylation is 2. The van der Waals surface area contributed by atoms with Crippen molar-refractivity contribution in [2.24, 2.45) is 0 Å². The van der Waals surface area contributed by atoms with Crippen molar-refractivity contribution in [3.63, 3.8) is 0 Å². The molecule has 0 aliphatic heterocycles. The summed E-state index contributed by atoms with van der Waals surface area (Å²) in [6, 6.07) is 6.25. The van der Waals surface area contributed by atoms with E-state index in [0.29, 0.717) is 5.56 Å². The van der Waals surface area contributed by atoms with Crippen LogP contribution in [0.1, 0.15) is 25.7 Å². The number of carbonyl (C=O) groups is 1. The first-order chi connectivity index (χ1) is 9.88. The number of ether oxygens (including phenoxy) is 1. The summed E-state index contributed by atoms with van der Waals surface area (Å²) in [5.74, 6) is -0.816. The average Bonchev–Trinajstić information content (AvgIpc) is 2.79. The molecule has 0 spiro atoms. The Balaban J connectivity index is 2.20. The molecule has 6 nitrogen and oxygen atoms in total. The number of benzene rings is 1. The minimum Gasteiger partial charge on any atom is -0.482 e. The first kappa shape index (κ1) is 15.0. The molecule has 2 aromatic rings. The molecule has 0 aliphatic rings. The zero-order valence-corrected chi connectivity index (χ0v) is 12.3. The van der Waals surface area contributed by atoms with Gasteiger partial charge in [-0.3, -0.25) is 10.1 Å². The molecular weight excluding hydrogens is 294 g/mol. The monoisotopic (exact) mass is 307 g/mol. The van der Waals surface area contributed by atoms with Gasteiger partial charge in [0.15, 0.2) is 5.75 Å². The lowest BCUT2D eigenvalue weighted by molar-refractivity contribution is -0.386. The molecule has 1 N–H and O–H groups in total. The SMILES string of the molecule is Cc1ccc(OCc2cc(C(=O)O)sc2C)c([N+](=O)[O-])c1. The molecule has 110 valence electrons. The Morgan fingerprint density at radius 2 is 2.10 bits per heavy atom. The van der Waals surface area contributed by atoms with E-state index in [1.165, 1.54) is 12.1 Å². The largest absolute Gasteiger partial charge is 0.482 e. The molecule has 7 heteroatoms. The third kappa shape index (κ3) is 3.38. The minimum absolute atomic E-state index is 0.0960. The van der Waals surface area contributed by atoms with Gasteiger partial charge in [-0.25, -0.2) is 4.79 Å². The van der Waals surface area contributed by atoms with Gasteiger partial charge in [-0.15, -0.1) is 11.3 Å². The molecule has 0 bridgehead atoms. The Labute approximate surface area is 124 Å². The summed E-state index contributed by atoms with van der Waals surface area (Å²) in [5.41, 5.74) is 1.39. The lowest BCUT2D eigenvalue weighted by Gasteiger charge is -2.07. The van der Waals surface area contributed by atoms with Gasteiger partial charge in [0.25, 0.3) is 0 Å². The number of nitrogens with zero attached hydrogens (tertiary/aromatic N) is 1. The van der Waals surface area contributed by atoms with Crippen LogP contribution in [0.4, 0.5) is 5.69 Å². The lowest BCUT2D eigenvalue weighted by Crippen LogP contribution is -2.00. The highest BCUT2D eigenvalue weighted by atomic mass is 32.1. The molecule has 1 aromatic carbocycles. The van der Waals surface area contributed by atoms with Crippen LogP contribution in [-0.2, 0) is 6.61 Å². The highest BCUT2D eigenvalue weighted by molar-refractivity contribution is 7.14. The van der Waals surface area contributed by atoms with Crippen molar-refractivity contribution in [3.05, 3.63) is 55.3 Å². The number of hydrogen-bond donors (Lipinski definition) is 1. The summed E-state index contributed by atoms with van der Waals surface area (Å²) in [6.45, 7) is 3.65. The number of nitro groups is 1. The van der Waals surface area contributed by atoms with E-state index in [4.69, 9.17) is 9.84 Å². The number of carboxylic acids is 1. The van der Waals surface area contributed by atoms with Gasteiger partial charge >= 0.3 is 11.7 Å². The van der Waals surface area contributed by atoms with E-state index in [1.54, 1.807) is 26.0 Å². The molecule has 0 saturated heterocycles. The molecular formula is C14H13NO5S. The fraction of sp³-hybridized carbons (Fsp3) is 0.214. The molecule has 21 heavy (non-hydrogen) atoms. The molecule has 0 atom stereocenters. The van der Waals surface area contributed by atoms with Crippen LogP contribution in [0, 0.1) is 24.0 Å². The number of rotatable bonds is 5. The minimum atomic E-state index is -0.990. The third-order valence-corrected chi connectivity index (χ3v) is 4.01. The average molecular weight is 307 g/mol. The zero-order chi connectivity index (χ0) is 15.6. The van der Waals surface area contributed by atoms with Crippen molar-refractivity contribution in [2.45, 2.75) is 20.5 Å². The van der Waals surface area contributed by atoms with Gasteiger partial charge in [0.2, 0.25) is 0 Å². The van der Waals surface area contributed by atoms with E-state index in [-0.39, 0.29) is 22.9 Å². The van der Waals surface area contributed by atoms with Crippen LogP contribution in [0.15, 0.2) is 24.3 Å². The second-order valence-corrected chi connectivity index (χ2v) is 5.77. The summed E-state index contributed by atoms with van der Waals surface area (Å²) in [7, 11) is 0. The van der Waals surface area contributed by atoms with Crippen molar-refractivity contribution in [1.82, 2.24) is 0 Å². The maximum Gasteiger partial charge on any atom is 0.345 e. The van der Waals surface area contributed by atoms with Crippen LogP contribution < -0.4 is 4.74 Å². The Morgan fingerprint density at radius 1 is 1.38 bits per heavy atom. The Morgan fingerprint density at radius 3 is 2.67 bits per heavy atom. The van der Waals surface area contributed by atoms with Crippen LogP contribution in [0.3, 0.4) is 0 Å². The molecule has 0 aliphatic carbocycles. The number of hydrogen-bond acceptors (Lipinski definition) is 5. The van der Waals surface area contributed by atoms with Gasteiger partial charge in [-0.1, -0.05) is 6.07 Å². The van der Waals surface area contributed by atoms with Gasteiger partial charge in [0.05, 0.1) is 4.92 Å². The number of aromatic carboxylic acids is 1. The van der Waals surface area contributed by atoms with E-state index >= 15 is 0 Å². The summed E-state index contributed by atoms with van der Waals surface area (Å²) in [5, 5.41) is 19.9. The first-order valence-corrected chi connectivity index (χ1v) is 6.90. The normalized spacial score (nSPS) is 10.4. The van der Waals surface area contributed by atoms with Gasteiger partial charge in [-0.05, 0) is 31.5 Å². The molecule has 0 fully saturated rings. The molecule has 0 unspecified atom stereocenters. The molecule has 0 saturated carbocycles. The van der Waals surface area contributed by atoms with E-state index in [1.807, 2.05) is 0 Å². The Kier molecular flexibility index (Phi) is 4.23. The maximum atomic E-state index is 11.0. The van der Waals surface area contributed by atoms with E-state index in [0.717, 1.165) is 21.8 Å². The molecule has 0 amide bonds. The van der Waals surface area contributed by atoms with Gasteiger partial charge in [0, 0.05) is 16.5 Å². The second kappa shape index (κ2) is 5.92. The van der Waals surface area contributed by atoms with Crippen LogP contribution in [0.2, 0.25) is 0 Å². The third-order valence-electron chi connectivity index (χ3n) is 2.93. The van der Waals surface area contributed by atoms with Crippen molar-refractivity contribution in [1.29, 1.82) is 0 Å². The molecule has 1 aromatic heterocycles. The predicted molar refractivity (Wildman–Crippen MR) is 78.2 cm³/mol. The van der Waals surface area contributed by atoms with Crippen LogP contribution in [-0.4, -0.2) is 16.0 Å². The van der Waals surface area contributed by atoms with Crippen molar-refractivity contribution in [3.8, 4) is 5.75 Å². The number of nitro benzene ring substituents is 1. The smallest absolute Gasteiger partial charge is 0.345 e. The van der Waals surface area contributed by atoms with Crippen LogP contribution in [0.25, 0.3) is 0 Å². The maximum absolute atomic E-state index is 11.0. The van der Waals surface area contributed by atoms with E-state index < -0.39 is 10.9 Å². The Bertz CT molecular complexity index is 707. The summed E-state index contributed by atoms with van der Waals surface area (Å²) < 4.78 is 5.49. The molecule has 0 radical (unpaired) electrons. The number of carboxylic acid groups (broad SMARTS) is 1. The van der Waals surface area contributed by atoms with Crippen LogP contribution in [0.5, 0.6) is 5.75 Å². The van der Waals surface area contributed by atoms with Gasteiger partial charge in [0.1, 0.15) is 11.5 Å². The van der Waals surface area contributed by atoms with E-state index in [2.05, 4.69) is 0 Å². The van der Waals surface area contributed by atoms with Gasteiger partial charge < -0.3 is 9.84 Å². The highest BCUT2D eigenvalue weighted by Crippen LogP contribution is 2.30. The van der Waals surface area contributed by atoms with Crippen molar-refractivity contribution >= 4 is 23.0 Å². The topological polar surface area (TPSA) is 89.7 Å². The zero-order valence-electron chi connectivity index (χ0n) is 11.5. The molecule has 1 heterocycles. The standard InChI is InChI=1S/C14H13NO5S/c1-8-3-4-12(11(5-8)15(18)19)20-7-10-6-13(14(16)17)21-9(10)2/h3-6H,7H2,1-2H3,(H,16,17). The summed E-state index contributed by atoms with van der Waals surface area (Å²) in [6.07, 6.45) is 0. The predicted octanol–water partition coefficient (Wildman–Crippen LogP) is 3.55. The number of thiophene rings is 1. The Hall–Kier alpha value is -2.41. The quantitative estimate of drug-likeness (QED) is 0.674. The fourth-order valence-electron chi connectivity index (χ4n) is 1.82. The summed E-state index contributed by atoms with van der Waals surface area (Å²) >= 11 is 1.16. The van der Waals surface area contributed by atoms with E-state index in [9.17, 15) is 14.9 Å². The molecule has 2 rings (SSSR count). The summed E-state index contributed by atoms with van der Waals surface area (Å²) in [4.78, 5) is 22.5. The lowest BCUT2D eigenvalue weighted by atomic mass is 10.2. The fourth-order valence-corrected chi connectivity index (χ4v) is 2.68. The highest BCUT2D eigenvalue weighted by Gasteiger charge is 2.17. The van der Waals surface area contributed by atoms with Crippen molar-refractivity contribution < 1.29 is 19.6 Å². The van der Waals surface area contributed by atoms with Crippen molar-refractivity contribution in [2.75, 3.05) is 0 Å². The first-order valence-electron chi connectivity index (χ1n) is 6.09. The van der Waals surface area contributed by atoms with Crippen LogP contribution >= 0.6 is 11.3 Å².